The summed E-state index contributed by atoms with van der Waals surface area (Å²) in [6, 6.07) is 6.00. The monoisotopic (exact) mass is 334 g/mol. The van der Waals surface area contributed by atoms with Crippen molar-refractivity contribution >= 4 is 24.8 Å². The van der Waals surface area contributed by atoms with E-state index in [2.05, 4.69) is 16.8 Å². The zero-order valence-electron chi connectivity index (χ0n) is 12.5. The van der Waals surface area contributed by atoms with E-state index in [0.717, 1.165) is 43.2 Å². The summed E-state index contributed by atoms with van der Waals surface area (Å²) in [5, 5.41) is 3.36. The standard InChI is InChI=1S/C15H22N2O2.2ClH/c1-4-12(17-10-8-16-9-11-17)15-13(18-2)6-5-7-14(15)19-3;;/h4-7,12,16H,1,8-11H2,2-3H3;2*1H/t12-;;/m1../s1. The van der Waals surface area contributed by atoms with Crippen LogP contribution < -0.4 is 14.8 Å². The molecule has 1 heterocycles. The van der Waals surface area contributed by atoms with Crippen molar-refractivity contribution in [3.63, 3.8) is 0 Å². The summed E-state index contributed by atoms with van der Waals surface area (Å²) >= 11 is 0. The SMILES string of the molecule is C=C[C@H](c1c(OC)cccc1OC)N1CCNCC1.Cl.Cl. The maximum Gasteiger partial charge on any atom is 0.127 e. The van der Waals surface area contributed by atoms with Crippen LogP contribution in [0.25, 0.3) is 0 Å². The van der Waals surface area contributed by atoms with Crippen LogP contribution in [0.1, 0.15) is 11.6 Å². The van der Waals surface area contributed by atoms with Crippen molar-refractivity contribution in [2.75, 3.05) is 40.4 Å². The summed E-state index contributed by atoms with van der Waals surface area (Å²) in [7, 11) is 3.38. The maximum atomic E-state index is 5.49. The number of nitrogens with zero attached hydrogens (tertiary/aromatic N) is 1. The van der Waals surface area contributed by atoms with Gasteiger partial charge in [-0.05, 0) is 12.1 Å². The van der Waals surface area contributed by atoms with E-state index in [9.17, 15) is 0 Å². The largest absolute Gasteiger partial charge is 0.496 e. The molecule has 4 nitrogen and oxygen atoms in total. The van der Waals surface area contributed by atoms with Crippen LogP contribution in [0.5, 0.6) is 11.5 Å². The third-order valence-corrected chi connectivity index (χ3v) is 3.53. The molecule has 6 heteroatoms. The molecule has 120 valence electrons. The van der Waals surface area contributed by atoms with Crippen LogP contribution in [0.15, 0.2) is 30.9 Å². The summed E-state index contributed by atoms with van der Waals surface area (Å²) in [4.78, 5) is 2.39. The van der Waals surface area contributed by atoms with Gasteiger partial charge in [-0.3, -0.25) is 4.90 Å². The van der Waals surface area contributed by atoms with Crippen molar-refractivity contribution in [3.05, 3.63) is 36.4 Å². The first kappa shape index (κ1) is 20.1. The Morgan fingerprint density at radius 1 is 1.14 bits per heavy atom. The van der Waals surface area contributed by atoms with E-state index >= 15 is 0 Å². The summed E-state index contributed by atoms with van der Waals surface area (Å²) in [5.41, 5.74) is 1.06. The molecule has 0 spiro atoms. The molecule has 1 aliphatic rings. The highest BCUT2D eigenvalue weighted by Crippen LogP contribution is 2.37. The second-order valence-corrected chi connectivity index (χ2v) is 4.54. The molecule has 0 amide bonds. The Labute approximate surface area is 139 Å². The minimum absolute atomic E-state index is 0. The number of hydrogen-bond donors (Lipinski definition) is 1. The molecule has 0 saturated carbocycles. The number of hydrogen-bond acceptors (Lipinski definition) is 4. The van der Waals surface area contributed by atoms with Crippen LogP contribution in [-0.4, -0.2) is 45.3 Å². The highest BCUT2D eigenvalue weighted by molar-refractivity contribution is 5.85. The molecule has 1 aromatic carbocycles. The lowest BCUT2D eigenvalue weighted by molar-refractivity contribution is 0.197. The van der Waals surface area contributed by atoms with Crippen molar-refractivity contribution in [2.45, 2.75) is 6.04 Å². The van der Waals surface area contributed by atoms with E-state index < -0.39 is 0 Å². The molecule has 1 aromatic rings. The molecule has 2 rings (SSSR count). The lowest BCUT2D eigenvalue weighted by Gasteiger charge is -2.34. The van der Waals surface area contributed by atoms with Crippen molar-refractivity contribution in [2.24, 2.45) is 0 Å². The summed E-state index contributed by atoms with van der Waals surface area (Å²) < 4.78 is 11.0. The fourth-order valence-corrected chi connectivity index (χ4v) is 2.58. The van der Waals surface area contributed by atoms with Crippen LogP contribution in [0, 0.1) is 0 Å². The zero-order valence-corrected chi connectivity index (χ0v) is 14.1. The van der Waals surface area contributed by atoms with Crippen molar-refractivity contribution in [3.8, 4) is 11.5 Å². The molecule has 1 N–H and O–H groups in total. The van der Waals surface area contributed by atoms with E-state index in [1.165, 1.54) is 0 Å². The van der Waals surface area contributed by atoms with Gasteiger partial charge in [0.1, 0.15) is 11.5 Å². The predicted octanol–water partition coefficient (Wildman–Crippen LogP) is 2.68. The van der Waals surface area contributed by atoms with Crippen molar-refractivity contribution in [1.29, 1.82) is 0 Å². The smallest absolute Gasteiger partial charge is 0.127 e. The molecule has 0 radical (unpaired) electrons. The van der Waals surface area contributed by atoms with Crippen LogP contribution in [-0.2, 0) is 0 Å². The predicted molar refractivity (Wildman–Crippen MR) is 91.4 cm³/mol. The van der Waals surface area contributed by atoms with Gasteiger partial charge in [0.25, 0.3) is 0 Å². The van der Waals surface area contributed by atoms with Gasteiger partial charge in [0.2, 0.25) is 0 Å². The highest BCUT2D eigenvalue weighted by atomic mass is 35.5. The van der Waals surface area contributed by atoms with E-state index in [-0.39, 0.29) is 30.9 Å². The van der Waals surface area contributed by atoms with Gasteiger partial charge in [0.15, 0.2) is 0 Å². The molecule has 1 saturated heterocycles. The van der Waals surface area contributed by atoms with Gasteiger partial charge in [0.05, 0.1) is 25.8 Å². The quantitative estimate of drug-likeness (QED) is 0.839. The van der Waals surface area contributed by atoms with Crippen molar-refractivity contribution < 1.29 is 9.47 Å². The van der Waals surface area contributed by atoms with Gasteiger partial charge >= 0.3 is 0 Å². The first-order valence-corrected chi connectivity index (χ1v) is 6.60. The minimum atomic E-state index is 0. The first-order valence-electron chi connectivity index (χ1n) is 6.60. The molecular weight excluding hydrogens is 311 g/mol. The fraction of sp³-hybridized carbons (Fsp3) is 0.467. The highest BCUT2D eigenvalue weighted by Gasteiger charge is 2.25. The lowest BCUT2D eigenvalue weighted by Crippen LogP contribution is -2.44. The van der Waals surface area contributed by atoms with E-state index in [4.69, 9.17) is 9.47 Å². The summed E-state index contributed by atoms with van der Waals surface area (Å²) in [6.07, 6.45) is 1.96. The number of nitrogens with one attached hydrogen (secondary N) is 1. The van der Waals surface area contributed by atoms with Gasteiger partial charge in [-0.25, -0.2) is 0 Å². The van der Waals surface area contributed by atoms with Gasteiger partial charge in [-0.15, -0.1) is 31.4 Å². The zero-order chi connectivity index (χ0) is 13.7. The molecule has 0 unspecified atom stereocenters. The van der Waals surface area contributed by atoms with Crippen LogP contribution in [0.2, 0.25) is 0 Å². The number of benzene rings is 1. The number of ether oxygens (including phenoxy) is 2. The molecule has 21 heavy (non-hydrogen) atoms. The Morgan fingerprint density at radius 2 is 1.67 bits per heavy atom. The average Bonchev–Trinajstić information content (AvgIpc) is 2.49. The Morgan fingerprint density at radius 3 is 2.10 bits per heavy atom. The molecule has 1 atom stereocenters. The number of halogens is 2. The van der Waals surface area contributed by atoms with Crippen LogP contribution in [0.3, 0.4) is 0 Å². The van der Waals surface area contributed by atoms with E-state index in [1.807, 2.05) is 24.3 Å². The molecule has 0 aromatic heterocycles. The van der Waals surface area contributed by atoms with Crippen molar-refractivity contribution in [1.82, 2.24) is 10.2 Å². The number of piperazine rings is 1. The Balaban J connectivity index is 0.00000200. The van der Waals surface area contributed by atoms with E-state index in [1.54, 1.807) is 14.2 Å². The molecule has 0 bridgehead atoms. The van der Waals surface area contributed by atoms with Gasteiger partial charge < -0.3 is 14.8 Å². The normalized spacial score (nSPS) is 16.1. The number of methoxy groups -OCH3 is 2. The molecular formula is C15H24Cl2N2O2. The Kier molecular flexibility index (Phi) is 9.46. The first-order chi connectivity index (χ1) is 9.31. The van der Waals surface area contributed by atoms with E-state index in [0.29, 0.717) is 0 Å². The fourth-order valence-electron chi connectivity index (χ4n) is 2.58. The second-order valence-electron chi connectivity index (χ2n) is 4.54. The topological polar surface area (TPSA) is 33.7 Å². The molecule has 0 aliphatic carbocycles. The lowest BCUT2D eigenvalue weighted by atomic mass is 10.0. The summed E-state index contributed by atoms with van der Waals surface area (Å²) in [5.74, 6) is 1.70. The average molecular weight is 335 g/mol. The minimum Gasteiger partial charge on any atom is -0.496 e. The van der Waals surface area contributed by atoms with Gasteiger partial charge in [0, 0.05) is 26.2 Å². The second kappa shape index (κ2) is 9.90. The van der Waals surface area contributed by atoms with Gasteiger partial charge in [-0.2, -0.15) is 0 Å². The van der Waals surface area contributed by atoms with Crippen LogP contribution in [0.4, 0.5) is 0 Å². The summed E-state index contributed by atoms with van der Waals surface area (Å²) in [6.45, 7) is 7.99. The van der Waals surface area contributed by atoms with Gasteiger partial charge in [-0.1, -0.05) is 12.1 Å². The number of rotatable bonds is 5. The third-order valence-electron chi connectivity index (χ3n) is 3.53. The molecule has 1 fully saturated rings. The third kappa shape index (κ3) is 4.51. The Bertz CT molecular complexity index is 415. The Hall–Kier alpha value is -0.940. The molecule has 1 aliphatic heterocycles. The maximum absolute atomic E-state index is 5.49. The van der Waals surface area contributed by atoms with Crippen LogP contribution >= 0.6 is 24.8 Å².